The van der Waals surface area contributed by atoms with Crippen LogP contribution in [-0.4, -0.2) is 39.2 Å². The van der Waals surface area contributed by atoms with Gasteiger partial charge in [0.1, 0.15) is 0 Å². The summed E-state index contributed by atoms with van der Waals surface area (Å²) >= 11 is 1.93. The number of thioether (sulfide) groups is 1. The van der Waals surface area contributed by atoms with E-state index in [1.165, 1.54) is 0 Å². The number of rotatable bonds is 1. The summed E-state index contributed by atoms with van der Waals surface area (Å²) in [6.07, 6.45) is 1.04. The van der Waals surface area contributed by atoms with Gasteiger partial charge in [0, 0.05) is 29.4 Å². The maximum atomic E-state index is 11.7. The van der Waals surface area contributed by atoms with Crippen LogP contribution in [0.5, 0.6) is 0 Å². The average Bonchev–Trinajstić information content (AvgIpc) is 2.54. The van der Waals surface area contributed by atoms with Gasteiger partial charge in [0.15, 0.2) is 5.78 Å². The van der Waals surface area contributed by atoms with Crippen LogP contribution in [0.25, 0.3) is 0 Å². The smallest absolute Gasteiger partial charge is 0.220 e. The molecule has 2 aliphatic heterocycles. The molecule has 4 heteroatoms. The van der Waals surface area contributed by atoms with E-state index in [0.29, 0.717) is 11.2 Å². The minimum Gasteiger partial charge on any atom is -0.331 e. The van der Waals surface area contributed by atoms with Gasteiger partial charge in [0.25, 0.3) is 0 Å². The molecule has 0 N–H and O–H groups in total. The molecule has 2 rings (SSSR count). The fraction of sp³-hybridized carbons (Fsp3) is 0.833. The molecular formula is C12H19NO2S. The quantitative estimate of drug-likeness (QED) is 0.701. The van der Waals surface area contributed by atoms with Crippen LogP contribution in [-0.2, 0) is 9.59 Å². The van der Waals surface area contributed by atoms with Crippen molar-refractivity contribution in [2.24, 2.45) is 5.92 Å². The number of carbonyl (C=O) groups excluding carboxylic acids is 2. The van der Waals surface area contributed by atoms with Crippen molar-refractivity contribution in [1.29, 1.82) is 0 Å². The van der Waals surface area contributed by atoms with Crippen LogP contribution in [0.1, 0.15) is 34.1 Å². The number of hydrogen-bond acceptors (Lipinski definition) is 3. The normalized spacial score (nSPS) is 36.2. The highest BCUT2D eigenvalue weighted by atomic mass is 32.2. The molecule has 2 saturated heterocycles. The fourth-order valence-corrected chi connectivity index (χ4v) is 4.88. The van der Waals surface area contributed by atoms with E-state index in [-0.39, 0.29) is 22.5 Å². The SMILES string of the molecule is CC(=O)[C@@H]1C2CC(C)(C)SC2CN1C(C)=O. The van der Waals surface area contributed by atoms with E-state index >= 15 is 0 Å². The van der Waals surface area contributed by atoms with Gasteiger partial charge in [-0.15, -0.1) is 0 Å². The Bertz CT molecular complexity index is 340. The first-order chi connectivity index (χ1) is 7.32. The first-order valence-electron chi connectivity index (χ1n) is 5.77. The molecule has 3 atom stereocenters. The maximum Gasteiger partial charge on any atom is 0.220 e. The maximum absolute atomic E-state index is 11.7. The molecule has 0 aromatic heterocycles. The van der Waals surface area contributed by atoms with Crippen LogP contribution >= 0.6 is 11.8 Å². The highest BCUT2D eigenvalue weighted by molar-refractivity contribution is 8.01. The number of fused-ring (bicyclic) bond motifs is 1. The van der Waals surface area contributed by atoms with Gasteiger partial charge in [0.2, 0.25) is 5.91 Å². The first kappa shape index (κ1) is 12.0. The second kappa shape index (κ2) is 3.76. The van der Waals surface area contributed by atoms with Gasteiger partial charge >= 0.3 is 0 Å². The third-order valence-electron chi connectivity index (χ3n) is 3.61. The molecule has 0 aromatic rings. The summed E-state index contributed by atoms with van der Waals surface area (Å²) in [7, 11) is 0. The fourth-order valence-electron chi connectivity index (χ4n) is 3.12. The molecule has 2 heterocycles. The van der Waals surface area contributed by atoms with E-state index in [9.17, 15) is 9.59 Å². The molecule has 2 aliphatic rings. The molecule has 2 fully saturated rings. The summed E-state index contributed by atoms with van der Waals surface area (Å²) in [5.41, 5.74) is 0. The molecule has 1 amide bonds. The molecule has 0 spiro atoms. The number of ketones is 1. The van der Waals surface area contributed by atoms with Gasteiger partial charge in [-0.05, 0) is 13.3 Å². The van der Waals surface area contributed by atoms with Crippen molar-refractivity contribution >= 4 is 23.5 Å². The predicted molar refractivity (Wildman–Crippen MR) is 65.4 cm³/mol. The summed E-state index contributed by atoms with van der Waals surface area (Å²) in [5.74, 6) is 0.537. The molecule has 3 nitrogen and oxygen atoms in total. The van der Waals surface area contributed by atoms with Crippen molar-refractivity contribution < 1.29 is 9.59 Å². The summed E-state index contributed by atoms with van der Waals surface area (Å²) in [5, 5.41) is 0.452. The Kier molecular flexibility index (Phi) is 2.81. The van der Waals surface area contributed by atoms with Crippen LogP contribution in [0.4, 0.5) is 0 Å². The van der Waals surface area contributed by atoms with E-state index in [1.54, 1.807) is 18.7 Å². The molecular weight excluding hydrogens is 222 g/mol. The number of amides is 1. The van der Waals surface area contributed by atoms with Crippen molar-refractivity contribution in [3.63, 3.8) is 0 Å². The second-order valence-corrected chi connectivity index (χ2v) is 7.46. The van der Waals surface area contributed by atoms with Crippen molar-refractivity contribution in [2.45, 2.75) is 50.2 Å². The zero-order valence-corrected chi connectivity index (χ0v) is 11.1. The van der Waals surface area contributed by atoms with Crippen molar-refractivity contribution in [3.05, 3.63) is 0 Å². The lowest BCUT2D eigenvalue weighted by Crippen LogP contribution is -2.42. The summed E-state index contributed by atoms with van der Waals surface area (Å²) in [6.45, 7) is 8.38. The topological polar surface area (TPSA) is 37.4 Å². The average molecular weight is 241 g/mol. The Balaban J connectivity index is 2.23. The van der Waals surface area contributed by atoms with Crippen LogP contribution < -0.4 is 0 Å². The highest BCUT2D eigenvalue weighted by Gasteiger charge is 2.52. The van der Waals surface area contributed by atoms with Gasteiger partial charge in [-0.2, -0.15) is 11.8 Å². The minimum absolute atomic E-state index is 0.0352. The number of nitrogens with zero attached hydrogens (tertiary/aromatic N) is 1. The lowest BCUT2D eigenvalue weighted by Gasteiger charge is -2.27. The number of carbonyl (C=O) groups is 2. The van der Waals surface area contributed by atoms with Gasteiger partial charge in [0.05, 0.1) is 6.04 Å². The first-order valence-corrected chi connectivity index (χ1v) is 6.65. The van der Waals surface area contributed by atoms with Crippen LogP contribution in [0.15, 0.2) is 0 Å². The molecule has 0 aromatic carbocycles. The molecule has 0 bridgehead atoms. The molecule has 90 valence electrons. The van der Waals surface area contributed by atoms with Gasteiger partial charge in [-0.25, -0.2) is 0 Å². The number of Topliss-reactive ketones (excluding diaryl/α,β-unsaturated/α-hetero) is 1. The van der Waals surface area contributed by atoms with Gasteiger partial charge in [-0.3, -0.25) is 9.59 Å². The van der Waals surface area contributed by atoms with Crippen molar-refractivity contribution in [1.82, 2.24) is 4.90 Å². The van der Waals surface area contributed by atoms with Crippen LogP contribution in [0, 0.1) is 5.92 Å². The largest absolute Gasteiger partial charge is 0.331 e. The Morgan fingerprint density at radius 2 is 1.94 bits per heavy atom. The van der Waals surface area contributed by atoms with Crippen LogP contribution in [0.2, 0.25) is 0 Å². The van der Waals surface area contributed by atoms with E-state index in [2.05, 4.69) is 13.8 Å². The monoisotopic (exact) mass is 241 g/mol. The molecule has 0 radical (unpaired) electrons. The third-order valence-corrected chi connectivity index (χ3v) is 5.22. The zero-order valence-electron chi connectivity index (χ0n) is 10.3. The number of hydrogen-bond donors (Lipinski definition) is 0. The van der Waals surface area contributed by atoms with Gasteiger partial charge < -0.3 is 4.90 Å². The zero-order chi connectivity index (χ0) is 12.1. The molecule has 2 unspecified atom stereocenters. The van der Waals surface area contributed by atoms with Gasteiger partial charge in [-0.1, -0.05) is 13.8 Å². The Morgan fingerprint density at radius 1 is 1.31 bits per heavy atom. The Morgan fingerprint density at radius 3 is 2.44 bits per heavy atom. The van der Waals surface area contributed by atoms with E-state index in [1.807, 2.05) is 11.8 Å². The summed E-state index contributed by atoms with van der Waals surface area (Å²) in [6, 6.07) is -0.170. The summed E-state index contributed by atoms with van der Waals surface area (Å²) in [4.78, 5) is 25.0. The molecule has 0 aliphatic carbocycles. The molecule has 16 heavy (non-hydrogen) atoms. The number of likely N-dealkylation sites (tertiary alicyclic amines) is 1. The second-order valence-electron chi connectivity index (χ2n) is 5.51. The highest BCUT2D eigenvalue weighted by Crippen LogP contribution is 2.52. The van der Waals surface area contributed by atoms with E-state index < -0.39 is 0 Å². The van der Waals surface area contributed by atoms with E-state index in [0.717, 1.165) is 13.0 Å². The minimum atomic E-state index is -0.170. The third kappa shape index (κ3) is 1.88. The standard InChI is InChI=1S/C12H19NO2S/c1-7(14)11-9-5-12(3,4)16-10(9)6-13(11)8(2)15/h9-11H,5-6H2,1-4H3/t9?,10?,11-/m1/s1. The predicted octanol–water partition coefficient (Wildman–Crippen LogP) is 1.71. The lowest BCUT2D eigenvalue weighted by molar-refractivity contribution is -0.136. The summed E-state index contributed by atoms with van der Waals surface area (Å²) < 4.78 is 0.256. The molecule has 0 saturated carbocycles. The van der Waals surface area contributed by atoms with E-state index in [4.69, 9.17) is 0 Å². The van der Waals surface area contributed by atoms with Crippen molar-refractivity contribution in [2.75, 3.05) is 6.54 Å². The Labute approximate surface area is 101 Å². The van der Waals surface area contributed by atoms with Crippen molar-refractivity contribution in [3.8, 4) is 0 Å². The Hall–Kier alpha value is -0.510. The lowest BCUT2D eigenvalue weighted by atomic mass is 9.89. The van der Waals surface area contributed by atoms with Crippen LogP contribution in [0.3, 0.4) is 0 Å².